The number of hydrogen-bond donors (Lipinski definition) is 3. The predicted octanol–water partition coefficient (Wildman–Crippen LogP) is 0.777. The van der Waals surface area contributed by atoms with Crippen molar-refractivity contribution in [2.75, 3.05) is 44.8 Å². The Labute approximate surface area is 97.1 Å². The monoisotopic (exact) mass is 223 g/mol. The van der Waals surface area contributed by atoms with Crippen LogP contribution in [-0.2, 0) is 6.42 Å². The van der Waals surface area contributed by atoms with E-state index in [9.17, 15) is 0 Å². The molecule has 0 bridgehead atoms. The Morgan fingerprint density at radius 2 is 2.12 bits per heavy atom. The molecule has 1 aromatic carbocycles. The molecular weight excluding hydrogens is 202 g/mol. The number of nitrogens with two attached hydrogens (primary N) is 1. The fourth-order valence-electron chi connectivity index (χ4n) is 1.52. The van der Waals surface area contributed by atoms with Crippen LogP contribution in [0.25, 0.3) is 0 Å². The lowest BCUT2D eigenvalue weighted by atomic mass is 10.1. The van der Waals surface area contributed by atoms with Gasteiger partial charge in [0, 0.05) is 19.7 Å². The average Bonchev–Trinajstić information content (AvgIpc) is 2.23. The molecule has 16 heavy (non-hydrogen) atoms. The third-order valence-corrected chi connectivity index (χ3v) is 2.45. The highest BCUT2D eigenvalue weighted by molar-refractivity contribution is 5.69. The molecule has 4 N–H and O–H groups in total. The molecule has 0 heterocycles. The van der Waals surface area contributed by atoms with Crippen LogP contribution in [0.5, 0.6) is 0 Å². The second kappa shape index (κ2) is 6.35. The Morgan fingerprint density at radius 3 is 2.75 bits per heavy atom. The lowest BCUT2D eigenvalue weighted by Gasteiger charge is -2.14. The molecule has 0 atom stereocenters. The molecule has 0 aliphatic carbocycles. The van der Waals surface area contributed by atoms with Gasteiger partial charge in [-0.3, -0.25) is 0 Å². The van der Waals surface area contributed by atoms with Crippen LogP contribution in [-0.4, -0.2) is 43.8 Å². The van der Waals surface area contributed by atoms with Crippen molar-refractivity contribution in [1.82, 2.24) is 4.90 Å². The number of nitrogens with zero attached hydrogens (tertiary/aromatic N) is 1. The summed E-state index contributed by atoms with van der Waals surface area (Å²) in [5, 5.41) is 12.2. The number of para-hydroxylation sites is 1. The molecule has 0 amide bonds. The minimum atomic E-state index is 0.130. The highest BCUT2D eigenvalue weighted by atomic mass is 16.2. The summed E-state index contributed by atoms with van der Waals surface area (Å²) in [6, 6.07) is 5.87. The molecule has 0 fully saturated rings. The Kier molecular flexibility index (Phi) is 5.08. The smallest absolute Gasteiger partial charge is 0.0583 e. The zero-order valence-corrected chi connectivity index (χ0v) is 10.0. The van der Waals surface area contributed by atoms with Gasteiger partial charge in [-0.25, -0.2) is 0 Å². The number of nitrogen functional groups attached to an aromatic ring is 1. The summed E-state index contributed by atoms with van der Waals surface area (Å²) in [5.41, 5.74) is 8.69. The fourth-order valence-corrected chi connectivity index (χ4v) is 1.52. The Hall–Kier alpha value is -1.26. The molecule has 0 spiro atoms. The molecule has 1 aromatic rings. The van der Waals surface area contributed by atoms with Crippen molar-refractivity contribution in [3.05, 3.63) is 23.8 Å². The van der Waals surface area contributed by atoms with E-state index in [1.807, 2.05) is 32.3 Å². The lowest BCUT2D eigenvalue weighted by Crippen LogP contribution is -2.21. The van der Waals surface area contributed by atoms with E-state index in [1.54, 1.807) is 0 Å². The molecule has 1 rings (SSSR count). The van der Waals surface area contributed by atoms with Crippen molar-refractivity contribution in [2.24, 2.45) is 0 Å². The zero-order valence-electron chi connectivity index (χ0n) is 10.0. The summed E-state index contributed by atoms with van der Waals surface area (Å²) < 4.78 is 0. The van der Waals surface area contributed by atoms with Gasteiger partial charge in [0.1, 0.15) is 0 Å². The van der Waals surface area contributed by atoms with Crippen molar-refractivity contribution in [1.29, 1.82) is 0 Å². The maximum absolute atomic E-state index is 8.90. The van der Waals surface area contributed by atoms with Crippen molar-refractivity contribution in [3.63, 3.8) is 0 Å². The van der Waals surface area contributed by atoms with Crippen molar-refractivity contribution in [3.8, 4) is 0 Å². The minimum absolute atomic E-state index is 0.130. The number of aliphatic hydroxyl groups excluding tert-OH is 1. The second-order valence-electron chi connectivity index (χ2n) is 4.08. The summed E-state index contributed by atoms with van der Waals surface area (Å²) >= 11 is 0. The van der Waals surface area contributed by atoms with Gasteiger partial charge >= 0.3 is 0 Å². The standard InChI is InChI=1S/C12H21N3O/c1-15(2)8-7-14-11-5-3-4-10(6-9-16)12(11)13/h3-5,14,16H,6-9,13H2,1-2H3. The molecule has 4 nitrogen and oxygen atoms in total. The van der Waals surface area contributed by atoms with Crippen LogP contribution in [0.3, 0.4) is 0 Å². The van der Waals surface area contributed by atoms with Gasteiger partial charge in [-0.1, -0.05) is 12.1 Å². The first-order valence-corrected chi connectivity index (χ1v) is 5.52. The van der Waals surface area contributed by atoms with Crippen LogP contribution in [0.15, 0.2) is 18.2 Å². The minimum Gasteiger partial charge on any atom is -0.397 e. The highest BCUT2D eigenvalue weighted by Gasteiger charge is 2.03. The molecule has 0 aliphatic heterocycles. The fraction of sp³-hybridized carbons (Fsp3) is 0.500. The molecule has 0 saturated carbocycles. The number of aliphatic hydroxyl groups is 1. The maximum Gasteiger partial charge on any atom is 0.0583 e. The Balaban J connectivity index is 2.62. The number of hydrogen-bond acceptors (Lipinski definition) is 4. The average molecular weight is 223 g/mol. The molecular formula is C12H21N3O. The first-order valence-electron chi connectivity index (χ1n) is 5.52. The topological polar surface area (TPSA) is 61.5 Å². The van der Waals surface area contributed by atoms with E-state index in [1.165, 1.54) is 0 Å². The number of nitrogens with one attached hydrogen (secondary N) is 1. The van der Waals surface area contributed by atoms with Gasteiger partial charge in [0.05, 0.1) is 11.4 Å². The first-order chi connectivity index (χ1) is 7.65. The maximum atomic E-state index is 8.90. The molecule has 0 unspecified atom stereocenters. The van der Waals surface area contributed by atoms with Gasteiger partial charge in [-0.2, -0.15) is 0 Å². The van der Waals surface area contributed by atoms with Gasteiger partial charge in [-0.05, 0) is 32.1 Å². The summed E-state index contributed by atoms with van der Waals surface area (Å²) in [6.07, 6.45) is 0.606. The zero-order chi connectivity index (χ0) is 12.0. The Morgan fingerprint density at radius 1 is 1.38 bits per heavy atom. The van der Waals surface area contributed by atoms with E-state index in [0.29, 0.717) is 6.42 Å². The third-order valence-electron chi connectivity index (χ3n) is 2.45. The van der Waals surface area contributed by atoms with Crippen LogP contribution in [0.1, 0.15) is 5.56 Å². The molecule has 90 valence electrons. The van der Waals surface area contributed by atoms with Gasteiger partial charge in [0.15, 0.2) is 0 Å². The molecule has 0 radical (unpaired) electrons. The largest absolute Gasteiger partial charge is 0.397 e. The van der Waals surface area contributed by atoms with Gasteiger partial charge in [-0.15, -0.1) is 0 Å². The number of anilines is 2. The van der Waals surface area contributed by atoms with E-state index in [4.69, 9.17) is 10.8 Å². The van der Waals surface area contributed by atoms with Gasteiger partial charge in [0.2, 0.25) is 0 Å². The lowest BCUT2D eigenvalue weighted by molar-refractivity contribution is 0.300. The van der Waals surface area contributed by atoms with E-state index >= 15 is 0 Å². The number of likely N-dealkylation sites (N-methyl/N-ethyl adjacent to an activating group) is 1. The van der Waals surface area contributed by atoms with Crippen LogP contribution >= 0.6 is 0 Å². The van der Waals surface area contributed by atoms with E-state index in [0.717, 1.165) is 30.0 Å². The van der Waals surface area contributed by atoms with Crippen molar-refractivity contribution >= 4 is 11.4 Å². The number of benzene rings is 1. The second-order valence-corrected chi connectivity index (χ2v) is 4.08. The normalized spacial score (nSPS) is 10.8. The number of rotatable bonds is 6. The van der Waals surface area contributed by atoms with Gasteiger partial charge in [0.25, 0.3) is 0 Å². The van der Waals surface area contributed by atoms with Crippen molar-refractivity contribution in [2.45, 2.75) is 6.42 Å². The third kappa shape index (κ3) is 3.72. The van der Waals surface area contributed by atoms with E-state index in [-0.39, 0.29) is 6.61 Å². The predicted molar refractivity (Wildman–Crippen MR) is 68.7 cm³/mol. The highest BCUT2D eigenvalue weighted by Crippen LogP contribution is 2.22. The Bertz CT molecular complexity index is 326. The molecule has 0 aliphatic rings. The molecule has 0 aromatic heterocycles. The first kappa shape index (κ1) is 12.8. The van der Waals surface area contributed by atoms with E-state index in [2.05, 4.69) is 10.2 Å². The van der Waals surface area contributed by atoms with Crippen LogP contribution in [0.2, 0.25) is 0 Å². The summed E-state index contributed by atoms with van der Waals surface area (Å²) in [6.45, 7) is 1.95. The summed E-state index contributed by atoms with van der Waals surface area (Å²) in [7, 11) is 4.07. The molecule has 4 heteroatoms. The van der Waals surface area contributed by atoms with E-state index < -0.39 is 0 Å². The van der Waals surface area contributed by atoms with Crippen molar-refractivity contribution < 1.29 is 5.11 Å². The quantitative estimate of drug-likeness (QED) is 0.624. The van der Waals surface area contributed by atoms with Gasteiger partial charge < -0.3 is 21.1 Å². The SMILES string of the molecule is CN(C)CCNc1cccc(CCO)c1N. The summed E-state index contributed by atoms with van der Waals surface area (Å²) in [4.78, 5) is 2.11. The summed E-state index contributed by atoms with van der Waals surface area (Å²) in [5.74, 6) is 0. The van der Waals surface area contributed by atoms with Crippen LogP contribution < -0.4 is 11.1 Å². The van der Waals surface area contributed by atoms with Crippen LogP contribution in [0, 0.1) is 0 Å². The molecule has 0 saturated heterocycles. The van der Waals surface area contributed by atoms with Crippen LogP contribution in [0.4, 0.5) is 11.4 Å².